The van der Waals surface area contributed by atoms with Crippen molar-refractivity contribution in [2.75, 3.05) is 17.7 Å². The van der Waals surface area contributed by atoms with Crippen molar-refractivity contribution in [1.82, 2.24) is 19.3 Å². The Morgan fingerprint density at radius 3 is 2.65 bits per heavy atom. The number of rotatable bonds is 8. The molecule has 0 saturated heterocycles. The number of hydrogen-bond donors (Lipinski definition) is 1. The van der Waals surface area contributed by atoms with E-state index in [-0.39, 0.29) is 17.2 Å². The maximum Gasteiger partial charge on any atom is 0.278 e. The number of aromatic nitrogens is 4. The van der Waals surface area contributed by atoms with Gasteiger partial charge in [0.05, 0.1) is 23.7 Å². The molecular formula is C25H21N5O4S3. The standard InChI is InChI=1S/C25H21N5O4S3/c1-3-33-18-12-8-7-11-17(18)30-22-21(37-25(30)35)23(32)29(16-9-5-4-6-10-16)24(27-22)36-14-20(31)26-19-13-15(2)34-28-19/h4-13H,3,14H2,1-2H3,(H,26,28,31). The van der Waals surface area contributed by atoms with Gasteiger partial charge in [0.2, 0.25) is 5.91 Å². The fraction of sp³-hybridized carbons (Fsp3) is 0.160. The molecule has 12 heteroatoms. The van der Waals surface area contributed by atoms with E-state index in [2.05, 4.69) is 10.5 Å². The number of amides is 1. The molecule has 188 valence electrons. The van der Waals surface area contributed by atoms with Crippen molar-refractivity contribution in [3.63, 3.8) is 0 Å². The van der Waals surface area contributed by atoms with Crippen LogP contribution in [-0.2, 0) is 4.79 Å². The van der Waals surface area contributed by atoms with Gasteiger partial charge in [0.15, 0.2) is 20.6 Å². The van der Waals surface area contributed by atoms with Crippen molar-refractivity contribution < 1.29 is 14.1 Å². The van der Waals surface area contributed by atoms with Gasteiger partial charge in [0.1, 0.15) is 16.2 Å². The number of anilines is 1. The molecule has 2 aromatic carbocycles. The molecule has 5 rings (SSSR count). The molecule has 3 heterocycles. The van der Waals surface area contributed by atoms with Crippen LogP contribution in [-0.4, -0.2) is 37.5 Å². The predicted molar refractivity (Wildman–Crippen MR) is 147 cm³/mol. The first kappa shape index (κ1) is 24.9. The molecule has 0 unspecified atom stereocenters. The number of thioether (sulfide) groups is 1. The second kappa shape index (κ2) is 10.7. The summed E-state index contributed by atoms with van der Waals surface area (Å²) in [6.07, 6.45) is 0. The highest BCUT2D eigenvalue weighted by molar-refractivity contribution is 7.99. The van der Waals surface area contributed by atoms with Crippen molar-refractivity contribution in [2.24, 2.45) is 0 Å². The number of para-hydroxylation sites is 3. The predicted octanol–water partition coefficient (Wildman–Crippen LogP) is 5.39. The minimum absolute atomic E-state index is 0.00289. The van der Waals surface area contributed by atoms with Gasteiger partial charge in [0.25, 0.3) is 5.56 Å². The number of ether oxygens (including phenoxy) is 1. The largest absolute Gasteiger partial charge is 0.492 e. The maximum absolute atomic E-state index is 13.8. The lowest BCUT2D eigenvalue weighted by molar-refractivity contribution is -0.113. The zero-order valence-corrected chi connectivity index (χ0v) is 22.3. The van der Waals surface area contributed by atoms with E-state index in [1.807, 2.05) is 61.5 Å². The van der Waals surface area contributed by atoms with Crippen LogP contribution >= 0.6 is 35.3 Å². The molecule has 9 nitrogen and oxygen atoms in total. The van der Waals surface area contributed by atoms with Gasteiger partial charge < -0.3 is 14.6 Å². The molecule has 0 aliphatic heterocycles. The third-order valence-corrected chi connectivity index (χ3v) is 7.51. The minimum atomic E-state index is -0.309. The van der Waals surface area contributed by atoms with Crippen molar-refractivity contribution in [1.29, 1.82) is 0 Å². The van der Waals surface area contributed by atoms with Crippen molar-refractivity contribution in [2.45, 2.75) is 19.0 Å². The maximum atomic E-state index is 13.8. The fourth-order valence-electron chi connectivity index (χ4n) is 3.70. The number of fused-ring (bicyclic) bond motifs is 1. The number of nitrogens with one attached hydrogen (secondary N) is 1. The van der Waals surface area contributed by atoms with Gasteiger partial charge in [-0.15, -0.1) is 0 Å². The molecule has 0 fully saturated rings. The summed E-state index contributed by atoms with van der Waals surface area (Å²) >= 11 is 8.01. The van der Waals surface area contributed by atoms with Crippen molar-refractivity contribution in [3.05, 3.63) is 80.7 Å². The minimum Gasteiger partial charge on any atom is -0.492 e. The van der Waals surface area contributed by atoms with Gasteiger partial charge >= 0.3 is 0 Å². The Labute approximate surface area is 224 Å². The van der Waals surface area contributed by atoms with Gasteiger partial charge in [-0.3, -0.25) is 18.7 Å². The molecular weight excluding hydrogens is 531 g/mol. The van der Waals surface area contributed by atoms with E-state index in [1.54, 1.807) is 17.6 Å². The average molecular weight is 552 g/mol. The number of thiazole rings is 1. The SMILES string of the molecule is CCOc1ccccc1-n1c(=S)sc2c(=O)n(-c3ccccc3)c(SCC(=O)Nc3cc(C)on3)nc21. The number of carbonyl (C=O) groups excluding carboxylic acids is 1. The Bertz CT molecular complexity index is 1710. The zero-order chi connectivity index (χ0) is 25.9. The molecule has 0 saturated carbocycles. The van der Waals surface area contributed by atoms with Gasteiger partial charge in [0, 0.05) is 6.07 Å². The van der Waals surface area contributed by atoms with Crippen molar-refractivity contribution >= 4 is 57.4 Å². The second-order valence-corrected chi connectivity index (χ2v) is 10.4. The summed E-state index contributed by atoms with van der Waals surface area (Å²) in [6, 6.07) is 18.3. The highest BCUT2D eigenvalue weighted by atomic mass is 32.2. The van der Waals surface area contributed by atoms with E-state index in [4.69, 9.17) is 26.5 Å². The molecule has 0 aliphatic rings. The highest BCUT2D eigenvalue weighted by Crippen LogP contribution is 2.31. The summed E-state index contributed by atoms with van der Waals surface area (Å²) in [7, 11) is 0. The highest BCUT2D eigenvalue weighted by Gasteiger charge is 2.21. The van der Waals surface area contributed by atoms with Crippen LogP contribution < -0.4 is 15.6 Å². The van der Waals surface area contributed by atoms with Gasteiger partial charge in [-0.1, -0.05) is 58.6 Å². The van der Waals surface area contributed by atoms with Crippen molar-refractivity contribution in [3.8, 4) is 17.1 Å². The first-order valence-electron chi connectivity index (χ1n) is 11.3. The van der Waals surface area contributed by atoms with Crippen LogP contribution in [0.4, 0.5) is 5.82 Å². The van der Waals surface area contributed by atoms with E-state index in [0.29, 0.717) is 54.8 Å². The lowest BCUT2D eigenvalue weighted by atomic mass is 10.3. The number of hydrogen-bond acceptors (Lipinski definition) is 9. The number of carbonyl (C=O) groups is 1. The van der Waals surface area contributed by atoms with E-state index in [1.165, 1.54) is 15.9 Å². The topological polar surface area (TPSA) is 104 Å². The second-order valence-electron chi connectivity index (χ2n) is 7.79. The van der Waals surface area contributed by atoms with E-state index >= 15 is 0 Å². The first-order chi connectivity index (χ1) is 18.0. The van der Waals surface area contributed by atoms with Crippen LogP contribution in [0.5, 0.6) is 5.75 Å². The molecule has 0 aliphatic carbocycles. The monoisotopic (exact) mass is 551 g/mol. The molecule has 1 amide bonds. The van der Waals surface area contributed by atoms with Gasteiger partial charge in [-0.25, -0.2) is 4.98 Å². The van der Waals surface area contributed by atoms with Crippen LogP contribution in [0.2, 0.25) is 0 Å². The summed E-state index contributed by atoms with van der Waals surface area (Å²) in [5.41, 5.74) is 1.47. The molecule has 37 heavy (non-hydrogen) atoms. The van der Waals surface area contributed by atoms with Crippen LogP contribution in [0, 0.1) is 10.9 Å². The van der Waals surface area contributed by atoms with E-state index < -0.39 is 0 Å². The summed E-state index contributed by atoms with van der Waals surface area (Å²) in [5.74, 6) is 1.23. The van der Waals surface area contributed by atoms with Crippen LogP contribution in [0.3, 0.4) is 0 Å². The Morgan fingerprint density at radius 1 is 1.16 bits per heavy atom. The molecule has 0 atom stereocenters. The average Bonchev–Trinajstić information content (AvgIpc) is 3.45. The summed E-state index contributed by atoms with van der Waals surface area (Å²) < 4.78 is 14.9. The summed E-state index contributed by atoms with van der Waals surface area (Å²) in [6.45, 7) is 4.11. The van der Waals surface area contributed by atoms with Crippen LogP contribution in [0.1, 0.15) is 12.7 Å². The van der Waals surface area contributed by atoms with Crippen LogP contribution in [0.15, 0.2) is 75.1 Å². The summed E-state index contributed by atoms with van der Waals surface area (Å²) in [5, 5.41) is 6.83. The number of aryl methyl sites for hydroxylation is 1. The molecule has 1 N–H and O–H groups in total. The molecule has 0 radical (unpaired) electrons. The fourth-order valence-corrected chi connectivity index (χ4v) is 5.80. The molecule has 5 aromatic rings. The van der Waals surface area contributed by atoms with E-state index in [9.17, 15) is 9.59 Å². The van der Waals surface area contributed by atoms with Gasteiger partial charge in [-0.2, -0.15) is 0 Å². The first-order valence-corrected chi connectivity index (χ1v) is 13.5. The van der Waals surface area contributed by atoms with E-state index in [0.717, 1.165) is 11.8 Å². The number of benzene rings is 2. The Balaban J connectivity index is 1.62. The van der Waals surface area contributed by atoms with Gasteiger partial charge in [-0.05, 0) is 50.3 Å². The zero-order valence-electron chi connectivity index (χ0n) is 19.8. The normalized spacial score (nSPS) is 11.1. The Kier molecular flexibility index (Phi) is 7.22. The smallest absolute Gasteiger partial charge is 0.278 e. The lowest BCUT2D eigenvalue weighted by Gasteiger charge is -2.14. The third-order valence-electron chi connectivity index (χ3n) is 5.23. The van der Waals surface area contributed by atoms with Crippen LogP contribution in [0.25, 0.3) is 21.7 Å². The molecule has 0 spiro atoms. The quantitative estimate of drug-likeness (QED) is 0.155. The third kappa shape index (κ3) is 5.08. The molecule has 0 bridgehead atoms. The Hall–Kier alpha value is -3.74. The lowest BCUT2D eigenvalue weighted by Crippen LogP contribution is -2.22. The number of nitrogens with zero attached hydrogens (tertiary/aromatic N) is 4. The molecule has 3 aromatic heterocycles. The Morgan fingerprint density at radius 2 is 1.92 bits per heavy atom. The summed E-state index contributed by atoms with van der Waals surface area (Å²) in [4.78, 5) is 31.3.